The third kappa shape index (κ3) is 2.37. The first-order chi connectivity index (χ1) is 8.76. The van der Waals surface area contributed by atoms with E-state index < -0.39 is 38.2 Å². The molecule has 0 saturated carbocycles. The second kappa shape index (κ2) is 5.63. The van der Waals surface area contributed by atoms with E-state index >= 15 is 0 Å². The van der Waals surface area contributed by atoms with Crippen molar-refractivity contribution in [3.05, 3.63) is 0 Å². The minimum Gasteiger partial charge on any atom is -0.481 e. The van der Waals surface area contributed by atoms with Gasteiger partial charge < -0.3 is 10.2 Å². The zero-order chi connectivity index (χ0) is 16.6. The summed E-state index contributed by atoms with van der Waals surface area (Å²) in [7, 11) is -4.55. The number of rotatable bonds is 7. The van der Waals surface area contributed by atoms with Crippen molar-refractivity contribution in [2.24, 2.45) is 0 Å². The second-order valence-electron chi connectivity index (χ2n) is 7.63. The molecule has 0 fully saturated rings. The van der Waals surface area contributed by atoms with Crippen molar-refractivity contribution in [2.75, 3.05) is 0 Å². The maximum atomic E-state index is 12.2. The third-order valence-electron chi connectivity index (χ3n) is 5.08. The monoisotopic (exact) mass is 318 g/mol. The van der Waals surface area contributed by atoms with Gasteiger partial charge in [0, 0.05) is 0 Å². The molecule has 0 amide bonds. The standard InChI is InChI=1S/C14H30O4Si2/c1-9-13(11(15)16,19(3,4)5)14(10-2,12(17)18)20(6,7)8/h9-10H2,1-8H3,(H,15,16)(H,17,18). The van der Waals surface area contributed by atoms with Crippen molar-refractivity contribution in [3.8, 4) is 0 Å². The van der Waals surface area contributed by atoms with Crippen LogP contribution in [0.1, 0.15) is 26.7 Å². The molecule has 0 aliphatic rings. The maximum Gasteiger partial charge on any atom is 0.307 e. The van der Waals surface area contributed by atoms with Gasteiger partial charge in [-0.05, 0) is 12.8 Å². The van der Waals surface area contributed by atoms with Crippen LogP contribution in [0.4, 0.5) is 0 Å². The number of carbonyl (C=O) groups is 2. The van der Waals surface area contributed by atoms with Gasteiger partial charge in [-0.25, -0.2) is 0 Å². The summed E-state index contributed by atoms with van der Waals surface area (Å²) in [4.78, 5) is 24.5. The third-order valence-corrected chi connectivity index (χ3v) is 12.4. The van der Waals surface area contributed by atoms with E-state index in [2.05, 4.69) is 0 Å². The Hall–Kier alpha value is -0.626. The summed E-state index contributed by atoms with van der Waals surface area (Å²) in [5.41, 5.74) is 0. The smallest absolute Gasteiger partial charge is 0.307 e. The molecule has 118 valence electrons. The Kier molecular flexibility index (Phi) is 5.46. The predicted molar refractivity (Wildman–Crippen MR) is 87.9 cm³/mol. The van der Waals surface area contributed by atoms with Gasteiger partial charge >= 0.3 is 11.9 Å². The summed E-state index contributed by atoms with van der Waals surface area (Å²) < 4.78 is 0. The van der Waals surface area contributed by atoms with Crippen molar-refractivity contribution in [3.63, 3.8) is 0 Å². The van der Waals surface area contributed by atoms with Gasteiger partial charge in [-0.2, -0.15) is 0 Å². The van der Waals surface area contributed by atoms with Crippen LogP contribution in [0.15, 0.2) is 0 Å². The van der Waals surface area contributed by atoms with Gasteiger partial charge in [0.1, 0.15) is 0 Å². The molecule has 0 rings (SSSR count). The number of hydrogen-bond acceptors (Lipinski definition) is 2. The van der Waals surface area contributed by atoms with E-state index in [-0.39, 0.29) is 0 Å². The molecule has 0 heterocycles. The van der Waals surface area contributed by atoms with E-state index in [4.69, 9.17) is 0 Å². The van der Waals surface area contributed by atoms with E-state index in [1.807, 2.05) is 53.1 Å². The van der Waals surface area contributed by atoms with Gasteiger partial charge in [-0.3, -0.25) is 9.59 Å². The molecular weight excluding hydrogens is 288 g/mol. The summed E-state index contributed by atoms with van der Waals surface area (Å²) in [6.07, 6.45) is 0.755. The van der Waals surface area contributed by atoms with Gasteiger partial charge in [0.05, 0.1) is 26.2 Å². The first-order valence-corrected chi connectivity index (χ1v) is 14.2. The van der Waals surface area contributed by atoms with Crippen LogP contribution in [0.3, 0.4) is 0 Å². The quantitative estimate of drug-likeness (QED) is 0.692. The summed E-state index contributed by atoms with van der Waals surface area (Å²) in [6, 6.07) is 0. The molecule has 0 radical (unpaired) electrons. The lowest BCUT2D eigenvalue weighted by atomic mass is 9.85. The molecule has 2 atom stereocenters. The van der Waals surface area contributed by atoms with E-state index in [0.717, 1.165) is 0 Å². The minimum absolute atomic E-state index is 0.377. The Morgan fingerprint density at radius 2 is 0.950 bits per heavy atom. The molecule has 0 aromatic carbocycles. The van der Waals surface area contributed by atoms with Crippen molar-refractivity contribution in [2.45, 2.75) is 76.0 Å². The molecule has 0 spiro atoms. The van der Waals surface area contributed by atoms with Crippen LogP contribution in [0.2, 0.25) is 49.4 Å². The van der Waals surface area contributed by atoms with Crippen LogP contribution in [-0.2, 0) is 9.59 Å². The highest BCUT2D eigenvalue weighted by Crippen LogP contribution is 2.66. The van der Waals surface area contributed by atoms with Crippen LogP contribution in [0, 0.1) is 0 Å². The molecule has 0 aliphatic heterocycles. The van der Waals surface area contributed by atoms with Gasteiger partial charge in [-0.1, -0.05) is 53.1 Å². The molecule has 4 nitrogen and oxygen atoms in total. The molecule has 0 aromatic heterocycles. The van der Waals surface area contributed by atoms with E-state index in [1.54, 1.807) is 0 Å². The molecular formula is C14H30O4Si2. The number of carboxylic acids is 2. The number of hydrogen-bond donors (Lipinski definition) is 2. The maximum absolute atomic E-state index is 12.2. The molecule has 6 heteroatoms. The normalized spacial score (nSPS) is 19.0. The number of carboxylic acid groups (broad SMARTS) is 2. The summed E-state index contributed by atoms with van der Waals surface area (Å²) in [5.74, 6) is -1.85. The largest absolute Gasteiger partial charge is 0.481 e. The Labute approximate surface area is 124 Å². The average molecular weight is 319 g/mol. The summed E-state index contributed by atoms with van der Waals surface area (Å²) in [5, 5.41) is 17.8. The highest BCUT2D eigenvalue weighted by molar-refractivity contribution is 6.90. The first-order valence-electron chi connectivity index (χ1n) is 7.23. The van der Waals surface area contributed by atoms with Crippen molar-refractivity contribution < 1.29 is 19.8 Å². The Morgan fingerprint density at radius 3 is 1.00 bits per heavy atom. The molecule has 0 bridgehead atoms. The van der Waals surface area contributed by atoms with E-state index in [0.29, 0.717) is 12.8 Å². The van der Waals surface area contributed by atoms with E-state index in [9.17, 15) is 19.8 Å². The Bertz CT molecular complexity index is 357. The highest BCUT2D eigenvalue weighted by atomic mass is 28.3. The van der Waals surface area contributed by atoms with Gasteiger partial charge in [0.15, 0.2) is 0 Å². The number of aliphatic carboxylic acids is 2. The molecule has 0 aliphatic carbocycles. The molecule has 20 heavy (non-hydrogen) atoms. The van der Waals surface area contributed by atoms with Crippen LogP contribution in [0.25, 0.3) is 0 Å². The lowest BCUT2D eigenvalue weighted by Gasteiger charge is -2.56. The lowest BCUT2D eigenvalue weighted by Crippen LogP contribution is -2.62. The van der Waals surface area contributed by atoms with Crippen molar-refractivity contribution in [1.29, 1.82) is 0 Å². The van der Waals surface area contributed by atoms with Gasteiger partial charge in [0.2, 0.25) is 0 Å². The van der Waals surface area contributed by atoms with Crippen LogP contribution in [-0.4, -0.2) is 38.3 Å². The molecule has 0 saturated heterocycles. The van der Waals surface area contributed by atoms with Gasteiger partial charge in [-0.15, -0.1) is 0 Å². The van der Waals surface area contributed by atoms with Crippen LogP contribution >= 0.6 is 0 Å². The topological polar surface area (TPSA) is 74.6 Å². The minimum atomic E-state index is -2.27. The van der Waals surface area contributed by atoms with Crippen LogP contribution in [0.5, 0.6) is 0 Å². The second-order valence-corrected chi connectivity index (χ2v) is 18.3. The molecule has 2 N–H and O–H groups in total. The Balaban J connectivity index is 6.80. The summed E-state index contributed by atoms with van der Waals surface area (Å²) >= 11 is 0. The van der Waals surface area contributed by atoms with Crippen LogP contribution < -0.4 is 0 Å². The van der Waals surface area contributed by atoms with E-state index in [1.165, 1.54) is 0 Å². The zero-order valence-electron chi connectivity index (χ0n) is 14.1. The SMILES string of the molecule is CCC(C(=O)O)(C(CC)(C(=O)O)[Si](C)(C)C)[Si](C)(C)C. The highest BCUT2D eigenvalue weighted by Gasteiger charge is 2.69. The summed E-state index contributed by atoms with van der Waals surface area (Å²) in [6.45, 7) is 15.6. The van der Waals surface area contributed by atoms with Gasteiger partial charge in [0.25, 0.3) is 0 Å². The average Bonchev–Trinajstić information content (AvgIpc) is 2.20. The zero-order valence-corrected chi connectivity index (χ0v) is 16.1. The fourth-order valence-electron chi connectivity index (χ4n) is 4.25. The predicted octanol–water partition coefficient (Wildman–Crippen LogP) is 4.13. The fraction of sp³-hybridized carbons (Fsp3) is 0.857. The lowest BCUT2D eigenvalue weighted by molar-refractivity contribution is -0.152. The first kappa shape index (κ1) is 19.4. The molecule has 0 aromatic rings. The fourth-order valence-corrected chi connectivity index (χ4v) is 13.0. The molecule has 2 unspecified atom stereocenters. The Morgan fingerprint density at radius 1 is 0.750 bits per heavy atom. The van der Waals surface area contributed by atoms with Crippen molar-refractivity contribution >= 4 is 28.1 Å². The van der Waals surface area contributed by atoms with Crippen molar-refractivity contribution in [1.82, 2.24) is 0 Å².